The first-order valence-corrected chi connectivity index (χ1v) is 8.49. The van der Waals surface area contributed by atoms with Crippen LogP contribution in [0.3, 0.4) is 0 Å². The maximum Gasteiger partial charge on any atom is 0.250 e. The molecule has 0 saturated carbocycles. The van der Waals surface area contributed by atoms with E-state index in [1.165, 1.54) is 4.90 Å². The predicted molar refractivity (Wildman–Crippen MR) is 102 cm³/mol. The van der Waals surface area contributed by atoms with Crippen molar-refractivity contribution in [3.8, 4) is 0 Å². The van der Waals surface area contributed by atoms with E-state index >= 15 is 0 Å². The maximum atomic E-state index is 12.0. The molecule has 1 heterocycles. The fourth-order valence-electron chi connectivity index (χ4n) is 2.84. The molecule has 24 heavy (non-hydrogen) atoms. The van der Waals surface area contributed by atoms with E-state index in [1.54, 1.807) is 11.8 Å². The van der Waals surface area contributed by atoms with Crippen molar-refractivity contribution in [1.82, 2.24) is 0 Å². The van der Waals surface area contributed by atoms with Crippen LogP contribution in [-0.4, -0.2) is 41.1 Å². The number of carbonyl (C=O) groups excluding carboxylic acids is 1. The number of primary amides is 1. The summed E-state index contributed by atoms with van der Waals surface area (Å²) >= 11 is 1.68. The number of nitrogens with zero attached hydrogens (tertiary/aromatic N) is 3. The summed E-state index contributed by atoms with van der Waals surface area (Å²) in [6.07, 6.45) is 0. The van der Waals surface area contributed by atoms with Gasteiger partial charge in [-0.15, -0.1) is 0 Å². The van der Waals surface area contributed by atoms with Crippen molar-refractivity contribution in [1.29, 1.82) is 0 Å². The van der Waals surface area contributed by atoms with Gasteiger partial charge in [-0.3, -0.25) is 4.79 Å². The molecule has 6 heteroatoms. The lowest BCUT2D eigenvalue weighted by Gasteiger charge is -2.32. The summed E-state index contributed by atoms with van der Waals surface area (Å²) in [4.78, 5) is 20.3. The number of fused-ring (bicyclic) bond motifs is 2. The second kappa shape index (κ2) is 5.94. The molecule has 2 aromatic rings. The lowest BCUT2D eigenvalue weighted by atomic mass is 10.1. The average Bonchev–Trinajstić information content (AvgIpc) is 2.53. The van der Waals surface area contributed by atoms with Crippen LogP contribution in [0, 0.1) is 0 Å². The van der Waals surface area contributed by atoms with E-state index < -0.39 is 5.91 Å². The fraction of sp³-hybridized carbons (Fsp3) is 0.278. The topological polar surface area (TPSA) is 52.8 Å². The van der Waals surface area contributed by atoms with Crippen LogP contribution in [0.2, 0.25) is 0 Å². The van der Waals surface area contributed by atoms with Crippen molar-refractivity contribution in [2.45, 2.75) is 9.79 Å². The molecule has 0 radical (unpaired) electrons. The Morgan fingerprint density at radius 3 is 2.21 bits per heavy atom. The Morgan fingerprint density at radius 1 is 1.00 bits per heavy atom. The fourth-order valence-corrected chi connectivity index (χ4v) is 4.09. The van der Waals surface area contributed by atoms with Crippen LogP contribution >= 0.6 is 11.8 Å². The van der Waals surface area contributed by atoms with Gasteiger partial charge in [-0.1, -0.05) is 11.8 Å². The van der Waals surface area contributed by atoms with Crippen LogP contribution in [-0.2, 0) is 0 Å². The highest BCUT2D eigenvalue weighted by molar-refractivity contribution is 7.99. The summed E-state index contributed by atoms with van der Waals surface area (Å²) in [7, 11) is 9.96. The van der Waals surface area contributed by atoms with Gasteiger partial charge in [0.2, 0.25) is 0 Å². The first-order valence-electron chi connectivity index (χ1n) is 7.67. The van der Waals surface area contributed by atoms with Crippen LogP contribution in [0.1, 0.15) is 10.4 Å². The smallest absolute Gasteiger partial charge is 0.250 e. The SMILES string of the molecule is CN(C)c1ccc2c(c1)Sc1cc(N(C)C)cc(C(N)=O)c1N2C. The molecule has 1 aliphatic rings. The third-order valence-electron chi connectivity index (χ3n) is 4.22. The molecule has 2 N–H and O–H groups in total. The summed E-state index contributed by atoms with van der Waals surface area (Å²) in [5.41, 5.74) is 10.3. The first kappa shape index (κ1) is 16.5. The van der Waals surface area contributed by atoms with E-state index in [-0.39, 0.29) is 0 Å². The van der Waals surface area contributed by atoms with Gasteiger partial charge in [0.1, 0.15) is 0 Å². The van der Waals surface area contributed by atoms with E-state index in [1.807, 2.05) is 46.2 Å². The van der Waals surface area contributed by atoms with Gasteiger partial charge >= 0.3 is 0 Å². The molecule has 1 aliphatic heterocycles. The third kappa shape index (κ3) is 2.67. The van der Waals surface area contributed by atoms with E-state index in [9.17, 15) is 4.79 Å². The highest BCUT2D eigenvalue weighted by Crippen LogP contribution is 2.50. The number of benzene rings is 2. The second-order valence-corrected chi connectivity index (χ2v) is 7.39. The molecule has 3 rings (SSSR count). The minimum absolute atomic E-state index is 0.407. The van der Waals surface area contributed by atoms with Crippen molar-refractivity contribution < 1.29 is 4.79 Å². The number of anilines is 4. The zero-order valence-electron chi connectivity index (χ0n) is 14.6. The van der Waals surface area contributed by atoms with Crippen molar-refractivity contribution >= 4 is 40.4 Å². The van der Waals surface area contributed by atoms with Crippen LogP contribution in [0.5, 0.6) is 0 Å². The largest absolute Gasteiger partial charge is 0.378 e. The zero-order valence-corrected chi connectivity index (χ0v) is 15.4. The lowest BCUT2D eigenvalue weighted by molar-refractivity contribution is 0.100. The zero-order chi connectivity index (χ0) is 17.6. The normalized spacial score (nSPS) is 12.5. The second-order valence-electron chi connectivity index (χ2n) is 6.31. The predicted octanol–water partition coefficient (Wildman–Crippen LogP) is 3.15. The van der Waals surface area contributed by atoms with Crippen molar-refractivity contribution in [2.75, 3.05) is 49.9 Å². The molecule has 2 aromatic carbocycles. The van der Waals surface area contributed by atoms with Crippen LogP contribution < -0.4 is 20.4 Å². The Morgan fingerprint density at radius 2 is 1.62 bits per heavy atom. The van der Waals surface area contributed by atoms with Gasteiger partial charge in [0.15, 0.2) is 0 Å². The number of nitrogens with two attached hydrogens (primary N) is 1. The molecule has 0 spiro atoms. The van der Waals surface area contributed by atoms with Gasteiger partial charge in [-0.2, -0.15) is 0 Å². The third-order valence-corrected chi connectivity index (χ3v) is 5.30. The molecule has 0 unspecified atom stereocenters. The molecule has 0 saturated heterocycles. The summed E-state index contributed by atoms with van der Waals surface area (Å²) in [5, 5.41) is 0. The van der Waals surface area contributed by atoms with Crippen LogP contribution in [0.15, 0.2) is 40.1 Å². The summed E-state index contributed by atoms with van der Waals surface area (Å²) in [5.74, 6) is -0.407. The Hall–Kier alpha value is -2.34. The molecule has 0 aliphatic carbocycles. The Kier molecular flexibility index (Phi) is 4.09. The number of carbonyl (C=O) groups is 1. The van der Waals surface area contributed by atoms with Crippen LogP contribution in [0.25, 0.3) is 0 Å². The first-order chi connectivity index (χ1) is 11.3. The Bertz CT molecular complexity index is 817. The Balaban J connectivity index is 2.19. The van der Waals surface area contributed by atoms with Gasteiger partial charge in [0.25, 0.3) is 5.91 Å². The van der Waals surface area contributed by atoms with Crippen molar-refractivity contribution in [2.24, 2.45) is 5.73 Å². The van der Waals surface area contributed by atoms with Gasteiger partial charge in [0, 0.05) is 56.4 Å². The van der Waals surface area contributed by atoms with Gasteiger partial charge in [0.05, 0.1) is 16.9 Å². The number of rotatable bonds is 3. The summed E-state index contributed by atoms with van der Waals surface area (Å²) in [6.45, 7) is 0. The van der Waals surface area contributed by atoms with Gasteiger partial charge in [-0.05, 0) is 30.3 Å². The molecule has 0 fully saturated rings. The molecule has 126 valence electrons. The van der Waals surface area contributed by atoms with E-state index in [0.717, 1.165) is 27.6 Å². The van der Waals surface area contributed by atoms with Gasteiger partial charge in [-0.25, -0.2) is 0 Å². The van der Waals surface area contributed by atoms with E-state index in [0.29, 0.717) is 5.56 Å². The van der Waals surface area contributed by atoms with Crippen molar-refractivity contribution in [3.05, 3.63) is 35.9 Å². The molecule has 1 amide bonds. The number of hydrogen-bond acceptors (Lipinski definition) is 5. The highest BCUT2D eigenvalue weighted by atomic mass is 32.2. The summed E-state index contributed by atoms with van der Waals surface area (Å²) in [6, 6.07) is 10.3. The quantitative estimate of drug-likeness (QED) is 0.929. The Labute approximate surface area is 147 Å². The van der Waals surface area contributed by atoms with E-state index in [4.69, 9.17) is 5.73 Å². The molecular weight excluding hydrogens is 320 g/mol. The van der Waals surface area contributed by atoms with Crippen LogP contribution in [0.4, 0.5) is 22.7 Å². The molecule has 0 atom stereocenters. The highest BCUT2D eigenvalue weighted by Gasteiger charge is 2.26. The number of hydrogen-bond donors (Lipinski definition) is 1. The van der Waals surface area contributed by atoms with Crippen molar-refractivity contribution in [3.63, 3.8) is 0 Å². The van der Waals surface area contributed by atoms with E-state index in [2.05, 4.69) is 34.1 Å². The maximum absolute atomic E-state index is 12.0. The summed E-state index contributed by atoms with van der Waals surface area (Å²) < 4.78 is 0. The minimum Gasteiger partial charge on any atom is -0.378 e. The molecule has 0 bridgehead atoms. The molecule has 0 aromatic heterocycles. The number of amides is 1. The average molecular weight is 342 g/mol. The van der Waals surface area contributed by atoms with Gasteiger partial charge < -0.3 is 20.4 Å². The molecule has 5 nitrogen and oxygen atoms in total. The molecular formula is C18H22N4OS. The lowest BCUT2D eigenvalue weighted by Crippen LogP contribution is -2.23. The monoisotopic (exact) mass is 342 g/mol. The minimum atomic E-state index is -0.407. The standard InChI is InChI=1S/C18H22N4OS/c1-20(2)11-6-7-14-15(9-11)24-16-10-12(21(3)4)8-13(18(19)23)17(16)22(14)5/h6-10H,1-5H3,(H2,19,23).